The van der Waals surface area contributed by atoms with Gasteiger partial charge in [0, 0.05) is 11.9 Å². The molecule has 0 bridgehead atoms. The Balaban J connectivity index is 1.72. The van der Waals surface area contributed by atoms with Crippen LogP contribution in [0.3, 0.4) is 0 Å². The van der Waals surface area contributed by atoms with Crippen LogP contribution in [-0.4, -0.2) is 48.9 Å². The lowest BCUT2D eigenvalue weighted by molar-refractivity contribution is -0.132. The molecule has 4 nitrogen and oxygen atoms in total. The number of thiophene rings is 1. The second kappa shape index (κ2) is 7.76. The number of likely N-dealkylation sites (tertiary alicyclic amines) is 1. The van der Waals surface area contributed by atoms with Crippen molar-refractivity contribution >= 4 is 17.2 Å². The van der Waals surface area contributed by atoms with Crippen molar-refractivity contribution in [3.8, 4) is 0 Å². The normalized spacial score (nSPS) is 17.3. The highest BCUT2D eigenvalue weighted by molar-refractivity contribution is 7.09. The largest absolute Gasteiger partial charge is 0.340 e. The molecule has 1 amide bonds. The number of likely N-dealkylation sites (N-methyl/N-ethyl adjacent to an activating group) is 1. The highest BCUT2D eigenvalue weighted by atomic mass is 32.1. The smallest absolute Gasteiger partial charge is 0.236 e. The fraction of sp³-hybridized carbons (Fsp3) is 0.667. The van der Waals surface area contributed by atoms with E-state index in [4.69, 9.17) is 5.73 Å². The summed E-state index contributed by atoms with van der Waals surface area (Å²) in [5, 5.41) is 2.05. The van der Waals surface area contributed by atoms with Crippen LogP contribution in [0.5, 0.6) is 0 Å². The van der Waals surface area contributed by atoms with E-state index < -0.39 is 0 Å². The quantitative estimate of drug-likeness (QED) is 0.870. The lowest BCUT2D eigenvalue weighted by Gasteiger charge is -2.32. The van der Waals surface area contributed by atoms with Gasteiger partial charge < -0.3 is 10.6 Å². The zero-order valence-electron chi connectivity index (χ0n) is 12.3. The van der Waals surface area contributed by atoms with Crippen LogP contribution in [0.25, 0.3) is 0 Å². The maximum absolute atomic E-state index is 12.2. The van der Waals surface area contributed by atoms with Gasteiger partial charge >= 0.3 is 0 Å². The molecule has 0 saturated carbocycles. The summed E-state index contributed by atoms with van der Waals surface area (Å²) in [6.07, 6.45) is 3.48. The van der Waals surface area contributed by atoms with Crippen LogP contribution in [0, 0.1) is 5.92 Å². The predicted molar refractivity (Wildman–Crippen MR) is 83.6 cm³/mol. The van der Waals surface area contributed by atoms with Crippen molar-refractivity contribution in [3.63, 3.8) is 0 Å². The van der Waals surface area contributed by atoms with E-state index in [2.05, 4.69) is 16.3 Å². The number of hydrogen-bond donors (Lipinski definition) is 1. The molecule has 0 radical (unpaired) electrons. The summed E-state index contributed by atoms with van der Waals surface area (Å²) in [5.41, 5.74) is 5.61. The number of hydrogen-bond acceptors (Lipinski definition) is 4. The molecule has 0 unspecified atom stereocenters. The van der Waals surface area contributed by atoms with E-state index in [-0.39, 0.29) is 5.91 Å². The van der Waals surface area contributed by atoms with E-state index in [9.17, 15) is 4.79 Å². The van der Waals surface area contributed by atoms with Gasteiger partial charge in [0.25, 0.3) is 0 Å². The first-order valence-electron chi connectivity index (χ1n) is 7.38. The molecule has 1 aromatic heterocycles. The Morgan fingerprint density at radius 1 is 1.50 bits per heavy atom. The Kier molecular flexibility index (Phi) is 6.01. The number of nitrogens with two attached hydrogens (primary N) is 1. The average molecular weight is 295 g/mol. The van der Waals surface area contributed by atoms with Gasteiger partial charge in [-0.05, 0) is 56.3 Å². The molecule has 1 aromatic rings. The van der Waals surface area contributed by atoms with Crippen LogP contribution in [0.4, 0.5) is 0 Å². The first-order chi connectivity index (χ1) is 9.69. The van der Waals surface area contributed by atoms with Gasteiger partial charge in [0.1, 0.15) is 0 Å². The van der Waals surface area contributed by atoms with Gasteiger partial charge in [-0.3, -0.25) is 9.69 Å². The van der Waals surface area contributed by atoms with Crippen LogP contribution < -0.4 is 5.73 Å². The molecule has 2 rings (SSSR count). The Morgan fingerprint density at radius 2 is 2.25 bits per heavy atom. The van der Waals surface area contributed by atoms with E-state index in [1.807, 2.05) is 18.0 Å². The summed E-state index contributed by atoms with van der Waals surface area (Å²) in [6.45, 7) is 4.12. The number of piperidine rings is 1. The molecule has 0 spiro atoms. The van der Waals surface area contributed by atoms with E-state index >= 15 is 0 Å². The fourth-order valence-electron chi connectivity index (χ4n) is 2.71. The summed E-state index contributed by atoms with van der Waals surface area (Å²) in [4.78, 5) is 17.6. The van der Waals surface area contributed by atoms with E-state index in [0.717, 1.165) is 38.5 Å². The monoisotopic (exact) mass is 295 g/mol. The molecular weight excluding hydrogens is 270 g/mol. The van der Waals surface area contributed by atoms with Crippen molar-refractivity contribution in [1.29, 1.82) is 0 Å². The summed E-state index contributed by atoms with van der Waals surface area (Å²) in [6, 6.07) is 4.10. The third kappa shape index (κ3) is 4.58. The Morgan fingerprint density at radius 3 is 2.85 bits per heavy atom. The number of nitrogens with zero attached hydrogens (tertiary/aromatic N) is 2. The molecule has 1 saturated heterocycles. The topological polar surface area (TPSA) is 49.6 Å². The van der Waals surface area contributed by atoms with Crippen LogP contribution >= 0.6 is 11.3 Å². The Labute approximate surface area is 125 Å². The fourth-order valence-corrected chi connectivity index (χ4v) is 3.46. The summed E-state index contributed by atoms with van der Waals surface area (Å²) in [7, 11) is 1.89. The second-order valence-electron chi connectivity index (χ2n) is 5.63. The second-order valence-corrected chi connectivity index (χ2v) is 6.66. The SMILES string of the molecule is CN(Cc1cccs1)C(=O)CN1CCC(CCN)CC1. The molecular formula is C15H25N3OS. The molecule has 5 heteroatoms. The molecule has 0 aromatic carbocycles. The van der Waals surface area contributed by atoms with Gasteiger partial charge in [-0.1, -0.05) is 6.07 Å². The highest BCUT2D eigenvalue weighted by Gasteiger charge is 2.21. The van der Waals surface area contributed by atoms with E-state index in [1.54, 1.807) is 11.3 Å². The van der Waals surface area contributed by atoms with E-state index in [0.29, 0.717) is 6.54 Å². The summed E-state index contributed by atoms with van der Waals surface area (Å²) < 4.78 is 0. The van der Waals surface area contributed by atoms with Crippen LogP contribution in [0.15, 0.2) is 17.5 Å². The van der Waals surface area contributed by atoms with Gasteiger partial charge in [0.05, 0.1) is 13.1 Å². The summed E-state index contributed by atoms with van der Waals surface area (Å²) >= 11 is 1.70. The van der Waals surface area contributed by atoms with Crippen molar-refractivity contribution in [2.24, 2.45) is 11.7 Å². The molecule has 112 valence electrons. The zero-order chi connectivity index (χ0) is 14.4. The van der Waals surface area contributed by atoms with Gasteiger partial charge in [-0.2, -0.15) is 0 Å². The van der Waals surface area contributed by atoms with Crippen molar-refractivity contribution in [1.82, 2.24) is 9.80 Å². The van der Waals surface area contributed by atoms with Crippen LogP contribution in [-0.2, 0) is 11.3 Å². The van der Waals surface area contributed by atoms with Gasteiger partial charge in [0.2, 0.25) is 5.91 Å². The first-order valence-corrected chi connectivity index (χ1v) is 8.25. The van der Waals surface area contributed by atoms with E-state index in [1.165, 1.54) is 17.7 Å². The lowest BCUT2D eigenvalue weighted by atomic mass is 9.94. The van der Waals surface area contributed by atoms with Gasteiger partial charge in [-0.25, -0.2) is 0 Å². The maximum Gasteiger partial charge on any atom is 0.236 e. The zero-order valence-corrected chi connectivity index (χ0v) is 13.1. The molecule has 1 fully saturated rings. The van der Waals surface area contributed by atoms with Crippen LogP contribution in [0.1, 0.15) is 24.1 Å². The number of amides is 1. The number of carbonyl (C=O) groups is 1. The predicted octanol–water partition coefficient (Wildman–Crippen LogP) is 1.77. The minimum atomic E-state index is 0.218. The molecule has 2 N–H and O–H groups in total. The highest BCUT2D eigenvalue weighted by Crippen LogP contribution is 2.19. The Hall–Kier alpha value is -0.910. The number of carbonyl (C=O) groups excluding carboxylic acids is 1. The molecule has 0 atom stereocenters. The average Bonchev–Trinajstić information content (AvgIpc) is 2.94. The first kappa shape index (κ1) is 15.5. The standard InChI is InChI=1S/C15H25N3OS/c1-17(11-14-3-2-10-20-14)15(19)12-18-8-5-13(4-7-16)6-9-18/h2-3,10,13H,4-9,11-12,16H2,1H3. The summed E-state index contributed by atoms with van der Waals surface area (Å²) in [5.74, 6) is 0.978. The van der Waals surface area contributed by atoms with Crippen molar-refractivity contribution in [2.45, 2.75) is 25.8 Å². The van der Waals surface area contributed by atoms with Crippen molar-refractivity contribution in [2.75, 3.05) is 33.2 Å². The minimum Gasteiger partial charge on any atom is -0.340 e. The Bertz CT molecular complexity index is 399. The molecule has 1 aliphatic heterocycles. The van der Waals surface area contributed by atoms with Crippen molar-refractivity contribution < 1.29 is 4.79 Å². The number of rotatable bonds is 6. The molecule has 1 aliphatic rings. The van der Waals surface area contributed by atoms with Crippen LogP contribution in [0.2, 0.25) is 0 Å². The molecule has 2 heterocycles. The maximum atomic E-state index is 12.2. The third-order valence-corrected chi connectivity index (χ3v) is 4.90. The molecule has 0 aliphatic carbocycles. The lowest BCUT2D eigenvalue weighted by Crippen LogP contribution is -2.42. The minimum absolute atomic E-state index is 0.218. The van der Waals surface area contributed by atoms with Gasteiger partial charge in [0.15, 0.2) is 0 Å². The van der Waals surface area contributed by atoms with Gasteiger partial charge in [-0.15, -0.1) is 11.3 Å². The molecule has 20 heavy (non-hydrogen) atoms. The van der Waals surface area contributed by atoms with Crippen molar-refractivity contribution in [3.05, 3.63) is 22.4 Å². The third-order valence-electron chi connectivity index (χ3n) is 4.04.